The molecule has 2 N–H and O–H groups in total. The van der Waals surface area contributed by atoms with Gasteiger partial charge in [-0.05, 0) is 53.6 Å². The van der Waals surface area contributed by atoms with Gasteiger partial charge in [0.05, 0.1) is 19.1 Å². The van der Waals surface area contributed by atoms with Crippen LogP contribution in [0, 0.1) is 0 Å². The zero-order chi connectivity index (χ0) is 26.7. The number of nitrogens with zero attached hydrogens (tertiary/aromatic N) is 1. The normalized spacial score (nSPS) is 10.7. The molecule has 0 aromatic heterocycles. The maximum absolute atomic E-state index is 12.5. The minimum atomic E-state index is -0.430. The lowest BCUT2D eigenvalue weighted by Gasteiger charge is -2.08. The Morgan fingerprint density at radius 1 is 0.789 bits per heavy atom. The van der Waals surface area contributed by atoms with Crippen LogP contribution in [0.5, 0.6) is 5.75 Å². The van der Waals surface area contributed by atoms with E-state index in [1.54, 1.807) is 42.5 Å². The number of benzene rings is 4. The number of hydrogen-bond donors (Lipinski definition) is 2. The minimum Gasteiger partial charge on any atom is -0.426 e. The number of anilines is 1. The van der Waals surface area contributed by atoms with E-state index in [1.165, 1.54) is 6.21 Å². The molecule has 0 spiro atoms. The monoisotopic (exact) mass is 569 g/mol. The quantitative estimate of drug-likeness (QED) is 0.120. The number of ether oxygens (including phenoxy) is 1. The van der Waals surface area contributed by atoms with Crippen molar-refractivity contribution in [3.63, 3.8) is 0 Å². The van der Waals surface area contributed by atoms with E-state index in [1.807, 2.05) is 60.7 Å². The van der Waals surface area contributed by atoms with Gasteiger partial charge in [-0.1, -0.05) is 76.6 Å². The van der Waals surface area contributed by atoms with Crippen molar-refractivity contribution in [2.45, 2.75) is 12.8 Å². The first-order valence-electron chi connectivity index (χ1n) is 11.8. The van der Waals surface area contributed by atoms with Crippen LogP contribution in [0.4, 0.5) is 5.69 Å². The van der Waals surface area contributed by atoms with E-state index in [0.29, 0.717) is 22.6 Å². The summed E-state index contributed by atoms with van der Waals surface area (Å²) in [7, 11) is 0. The molecule has 0 aliphatic heterocycles. The molecule has 0 bridgehead atoms. The van der Waals surface area contributed by atoms with Crippen molar-refractivity contribution in [2.75, 3.05) is 5.32 Å². The molecule has 0 aliphatic carbocycles. The molecule has 0 radical (unpaired) electrons. The highest BCUT2D eigenvalue weighted by Gasteiger charge is 2.11. The predicted molar refractivity (Wildman–Crippen MR) is 150 cm³/mol. The van der Waals surface area contributed by atoms with E-state index in [2.05, 4.69) is 31.8 Å². The third-order valence-electron chi connectivity index (χ3n) is 5.39. The molecule has 7 nitrogen and oxygen atoms in total. The average Bonchev–Trinajstić information content (AvgIpc) is 2.91. The Morgan fingerprint density at radius 2 is 1.42 bits per heavy atom. The fraction of sp³-hybridized carbons (Fsp3) is 0.0667. The van der Waals surface area contributed by atoms with Gasteiger partial charge in [-0.3, -0.25) is 14.4 Å². The van der Waals surface area contributed by atoms with Gasteiger partial charge in [0.25, 0.3) is 5.91 Å². The van der Waals surface area contributed by atoms with Crippen LogP contribution >= 0.6 is 15.9 Å². The summed E-state index contributed by atoms with van der Waals surface area (Å²) in [5, 5.41) is 6.84. The molecule has 0 saturated carbocycles. The summed E-state index contributed by atoms with van der Waals surface area (Å²) < 4.78 is 6.29. The fourth-order valence-electron chi connectivity index (χ4n) is 3.55. The largest absolute Gasteiger partial charge is 0.426 e. The van der Waals surface area contributed by atoms with Gasteiger partial charge in [-0.25, -0.2) is 5.43 Å². The van der Waals surface area contributed by atoms with Crippen LogP contribution in [0.15, 0.2) is 113 Å². The first-order chi connectivity index (χ1) is 18.5. The molecular formula is C30H24BrN3O4. The van der Waals surface area contributed by atoms with Crippen molar-refractivity contribution < 1.29 is 19.1 Å². The zero-order valence-corrected chi connectivity index (χ0v) is 21.9. The number of amides is 2. The van der Waals surface area contributed by atoms with Crippen molar-refractivity contribution in [3.8, 4) is 5.75 Å². The molecular weight excluding hydrogens is 546 g/mol. The molecule has 2 amide bonds. The summed E-state index contributed by atoms with van der Waals surface area (Å²) in [4.78, 5) is 37.2. The number of hydrogen-bond acceptors (Lipinski definition) is 5. The molecule has 8 heteroatoms. The Bertz CT molecular complexity index is 1440. The van der Waals surface area contributed by atoms with Gasteiger partial charge in [-0.2, -0.15) is 5.10 Å². The number of nitrogens with one attached hydrogen (secondary N) is 2. The third-order valence-corrected chi connectivity index (χ3v) is 5.89. The second kappa shape index (κ2) is 13.1. The molecule has 0 aliphatic rings. The summed E-state index contributed by atoms with van der Waals surface area (Å²) >= 11 is 3.40. The Labute approximate surface area is 228 Å². The van der Waals surface area contributed by atoms with E-state index < -0.39 is 11.9 Å². The van der Waals surface area contributed by atoms with Crippen LogP contribution in [0.25, 0.3) is 0 Å². The topological polar surface area (TPSA) is 96.9 Å². The first kappa shape index (κ1) is 26.5. The molecule has 0 saturated heterocycles. The summed E-state index contributed by atoms with van der Waals surface area (Å²) in [6, 6.07) is 30.4. The van der Waals surface area contributed by atoms with E-state index in [0.717, 1.165) is 15.6 Å². The number of rotatable bonds is 9. The summed E-state index contributed by atoms with van der Waals surface area (Å²) in [5.41, 5.74) is 5.69. The lowest BCUT2D eigenvalue weighted by molar-refractivity contribution is -0.133. The van der Waals surface area contributed by atoms with Gasteiger partial charge in [0.15, 0.2) is 0 Å². The van der Waals surface area contributed by atoms with Crippen molar-refractivity contribution in [1.29, 1.82) is 0 Å². The van der Waals surface area contributed by atoms with Crippen LogP contribution in [-0.2, 0) is 22.4 Å². The standard InChI is InChI=1S/C30H24BrN3O4/c31-25-13-16-27(38-29(36)18-22-9-5-2-6-10-22)24(19-25)20-32-34-30(37)23-11-14-26(15-12-23)33-28(35)17-21-7-3-1-4-8-21/h1-16,19-20H,17-18H2,(H,33,35)(H,34,37)/b32-20-. The second-order valence-electron chi connectivity index (χ2n) is 8.31. The van der Waals surface area contributed by atoms with Gasteiger partial charge in [0.2, 0.25) is 5.91 Å². The summed E-state index contributed by atoms with van der Waals surface area (Å²) in [6.07, 6.45) is 1.80. The number of esters is 1. The highest BCUT2D eigenvalue weighted by molar-refractivity contribution is 9.10. The van der Waals surface area contributed by atoms with E-state index >= 15 is 0 Å². The van der Waals surface area contributed by atoms with Gasteiger partial charge >= 0.3 is 5.97 Å². The third kappa shape index (κ3) is 7.97. The number of hydrazone groups is 1. The Kier molecular flexibility index (Phi) is 9.15. The molecule has 4 rings (SSSR count). The van der Waals surface area contributed by atoms with Gasteiger partial charge in [-0.15, -0.1) is 0 Å². The highest BCUT2D eigenvalue weighted by Crippen LogP contribution is 2.22. The SMILES string of the molecule is O=C(Cc1ccccc1)Nc1ccc(C(=O)N/N=C\c2cc(Br)ccc2OC(=O)Cc2ccccc2)cc1. The highest BCUT2D eigenvalue weighted by atomic mass is 79.9. The summed E-state index contributed by atoms with van der Waals surface area (Å²) in [6.45, 7) is 0. The van der Waals surface area contributed by atoms with Crippen molar-refractivity contribution in [3.05, 3.63) is 130 Å². The molecule has 0 atom stereocenters. The molecule has 0 heterocycles. The summed E-state index contributed by atoms with van der Waals surface area (Å²) in [5.74, 6) is -0.663. The second-order valence-corrected chi connectivity index (χ2v) is 9.22. The van der Waals surface area contributed by atoms with Crippen LogP contribution in [0.1, 0.15) is 27.0 Å². The predicted octanol–water partition coefficient (Wildman–Crippen LogP) is 5.54. The lowest BCUT2D eigenvalue weighted by atomic mass is 10.1. The lowest BCUT2D eigenvalue weighted by Crippen LogP contribution is -2.18. The first-order valence-corrected chi connectivity index (χ1v) is 12.6. The van der Waals surface area contributed by atoms with Crippen molar-refractivity contribution >= 4 is 45.6 Å². The zero-order valence-electron chi connectivity index (χ0n) is 20.3. The van der Waals surface area contributed by atoms with Crippen molar-refractivity contribution in [2.24, 2.45) is 5.10 Å². The Hall–Kier alpha value is -4.56. The van der Waals surface area contributed by atoms with Crippen molar-refractivity contribution in [1.82, 2.24) is 5.43 Å². The van der Waals surface area contributed by atoms with Gasteiger partial charge < -0.3 is 10.1 Å². The van der Waals surface area contributed by atoms with E-state index in [-0.39, 0.29) is 18.7 Å². The van der Waals surface area contributed by atoms with Crippen LogP contribution in [0.2, 0.25) is 0 Å². The van der Waals surface area contributed by atoms with Gasteiger partial charge in [0, 0.05) is 21.3 Å². The van der Waals surface area contributed by atoms with Crippen LogP contribution in [-0.4, -0.2) is 24.0 Å². The number of carbonyl (C=O) groups excluding carboxylic acids is 3. The maximum atomic E-state index is 12.5. The molecule has 0 fully saturated rings. The molecule has 4 aromatic carbocycles. The number of halogens is 1. The molecule has 38 heavy (non-hydrogen) atoms. The van der Waals surface area contributed by atoms with E-state index in [4.69, 9.17) is 4.74 Å². The van der Waals surface area contributed by atoms with Gasteiger partial charge in [0.1, 0.15) is 5.75 Å². The van der Waals surface area contributed by atoms with Crippen LogP contribution in [0.3, 0.4) is 0 Å². The fourth-order valence-corrected chi connectivity index (χ4v) is 3.93. The number of carbonyl (C=O) groups is 3. The van der Waals surface area contributed by atoms with E-state index in [9.17, 15) is 14.4 Å². The molecule has 190 valence electrons. The maximum Gasteiger partial charge on any atom is 0.315 e. The average molecular weight is 570 g/mol. The van der Waals surface area contributed by atoms with Crippen LogP contribution < -0.4 is 15.5 Å². The Balaban J connectivity index is 1.33. The molecule has 0 unspecified atom stereocenters. The smallest absolute Gasteiger partial charge is 0.315 e. The molecule has 4 aromatic rings. The minimum absolute atomic E-state index is 0.132. The Morgan fingerprint density at radius 3 is 2.08 bits per heavy atom.